The molecule has 5 nitrogen and oxygen atoms in total. The summed E-state index contributed by atoms with van der Waals surface area (Å²) in [5, 5.41) is 2.86. The van der Waals surface area contributed by atoms with Crippen molar-refractivity contribution < 1.29 is 19.0 Å². The van der Waals surface area contributed by atoms with Crippen molar-refractivity contribution in [1.29, 1.82) is 0 Å². The SMILES string of the molecule is Cc1ccccc1O[C@H](C)C(=O)Nc1ccc(OC[C@H]2CCCO2)cc1. The molecule has 2 aromatic carbocycles. The Kier molecular flexibility index (Phi) is 6.12. The maximum absolute atomic E-state index is 12.3. The minimum Gasteiger partial charge on any atom is -0.491 e. The van der Waals surface area contributed by atoms with E-state index in [-0.39, 0.29) is 12.0 Å². The van der Waals surface area contributed by atoms with E-state index in [0.717, 1.165) is 30.8 Å². The van der Waals surface area contributed by atoms with E-state index in [1.165, 1.54) is 0 Å². The zero-order valence-corrected chi connectivity index (χ0v) is 15.2. The molecule has 1 aliphatic rings. The number of amides is 1. The van der Waals surface area contributed by atoms with Gasteiger partial charge in [-0.25, -0.2) is 0 Å². The van der Waals surface area contributed by atoms with Gasteiger partial charge in [-0.2, -0.15) is 0 Å². The Morgan fingerprint density at radius 3 is 2.69 bits per heavy atom. The normalized spacial score (nSPS) is 17.5. The van der Waals surface area contributed by atoms with Crippen LogP contribution in [0.15, 0.2) is 48.5 Å². The summed E-state index contributed by atoms with van der Waals surface area (Å²) in [6.45, 7) is 5.07. The zero-order valence-electron chi connectivity index (χ0n) is 15.2. The lowest BCUT2D eigenvalue weighted by atomic mass is 10.2. The molecule has 0 aliphatic carbocycles. The van der Waals surface area contributed by atoms with Crippen molar-refractivity contribution in [1.82, 2.24) is 0 Å². The van der Waals surface area contributed by atoms with Crippen molar-refractivity contribution in [2.24, 2.45) is 0 Å². The molecule has 2 atom stereocenters. The second-order valence-electron chi connectivity index (χ2n) is 6.49. The van der Waals surface area contributed by atoms with E-state index in [4.69, 9.17) is 14.2 Å². The first-order valence-corrected chi connectivity index (χ1v) is 8.99. The number of para-hydroxylation sites is 1. The van der Waals surface area contributed by atoms with Crippen molar-refractivity contribution in [2.45, 2.75) is 38.9 Å². The van der Waals surface area contributed by atoms with Crippen LogP contribution in [0.2, 0.25) is 0 Å². The molecule has 1 N–H and O–H groups in total. The summed E-state index contributed by atoms with van der Waals surface area (Å²) in [7, 11) is 0. The van der Waals surface area contributed by atoms with Gasteiger partial charge in [-0.3, -0.25) is 4.79 Å². The molecule has 1 saturated heterocycles. The minimum atomic E-state index is -0.591. The Bertz CT molecular complexity index is 723. The van der Waals surface area contributed by atoms with Crippen LogP contribution in [0.3, 0.4) is 0 Å². The van der Waals surface area contributed by atoms with Gasteiger partial charge >= 0.3 is 0 Å². The molecule has 0 radical (unpaired) electrons. The fraction of sp³-hybridized carbons (Fsp3) is 0.381. The van der Waals surface area contributed by atoms with Crippen LogP contribution in [0.4, 0.5) is 5.69 Å². The number of nitrogens with one attached hydrogen (secondary N) is 1. The molecule has 138 valence electrons. The van der Waals surface area contributed by atoms with Crippen LogP contribution in [0.1, 0.15) is 25.3 Å². The number of aryl methyl sites for hydroxylation is 1. The van der Waals surface area contributed by atoms with Gasteiger partial charge < -0.3 is 19.5 Å². The maximum Gasteiger partial charge on any atom is 0.265 e. The summed E-state index contributed by atoms with van der Waals surface area (Å²) in [5.74, 6) is 1.29. The van der Waals surface area contributed by atoms with E-state index >= 15 is 0 Å². The summed E-state index contributed by atoms with van der Waals surface area (Å²) in [6.07, 6.45) is 1.75. The lowest BCUT2D eigenvalue weighted by Crippen LogP contribution is -2.30. The highest BCUT2D eigenvalue weighted by molar-refractivity contribution is 5.94. The molecule has 1 fully saturated rings. The van der Waals surface area contributed by atoms with E-state index in [9.17, 15) is 4.79 Å². The molecule has 3 rings (SSSR count). The second-order valence-corrected chi connectivity index (χ2v) is 6.49. The molecule has 0 unspecified atom stereocenters. The Morgan fingerprint density at radius 1 is 1.23 bits per heavy atom. The van der Waals surface area contributed by atoms with Gasteiger partial charge in [0, 0.05) is 12.3 Å². The van der Waals surface area contributed by atoms with Gasteiger partial charge in [0.15, 0.2) is 6.10 Å². The Balaban J connectivity index is 1.49. The van der Waals surface area contributed by atoms with Crippen molar-refractivity contribution >= 4 is 11.6 Å². The van der Waals surface area contributed by atoms with Gasteiger partial charge in [0.05, 0.1) is 6.10 Å². The molecule has 1 aliphatic heterocycles. The first kappa shape index (κ1) is 18.3. The number of anilines is 1. The van der Waals surface area contributed by atoms with Gasteiger partial charge in [0.2, 0.25) is 0 Å². The third-order valence-corrected chi connectivity index (χ3v) is 4.35. The molecule has 0 spiro atoms. The number of carbonyl (C=O) groups excluding carboxylic acids is 1. The minimum absolute atomic E-state index is 0.189. The van der Waals surface area contributed by atoms with Gasteiger partial charge in [-0.15, -0.1) is 0 Å². The van der Waals surface area contributed by atoms with Crippen LogP contribution in [-0.2, 0) is 9.53 Å². The number of hydrogen-bond donors (Lipinski definition) is 1. The van der Waals surface area contributed by atoms with Crippen LogP contribution >= 0.6 is 0 Å². The summed E-state index contributed by atoms with van der Waals surface area (Å²) >= 11 is 0. The Labute approximate surface area is 154 Å². The number of rotatable bonds is 7. The monoisotopic (exact) mass is 355 g/mol. The van der Waals surface area contributed by atoms with E-state index in [1.807, 2.05) is 55.5 Å². The zero-order chi connectivity index (χ0) is 18.4. The average Bonchev–Trinajstić information content (AvgIpc) is 3.16. The average molecular weight is 355 g/mol. The molecule has 26 heavy (non-hydrogen) atoms. The van der Waals surface area contributed by atoms with Crippen LogP contribution < -0.4 is 14.8 Å². The van der Waals surface area contributed by atoms with Gasteiger partial charge in [-0.05, 0) is 62.6 Å². The molecular weight excluding hydrogens is 330 g/mol. The molecule has 0 aromatic heterocycles. The van der Waals surface area contributed by atoms with Crippen LogP contribution in [0.5, 0.6) is 11.5 Å². The van der Waals surface area contributed by atoms with Gasteiger partial charge in [0.1, 0.15) is 18.1 Å². The summed E-state index contributed by atoms with van der Waals surface area (Å²) in [4.78, 5) is 12.3. The van der Waals surface area contributed by atoms with Crippen LogP contribution in [0.25, 0.3) is 0 Å². The highest BCUT2D eigenvalue weighted by Gasteiger charge is 2.17. The largest absolute Gasteiger partial charge is 0.491 e. The number of ether oxygens (including phenoxy) is 3. The Morgan fingerprint density at radius 2 is 2.00 bits per heavy atom. The van der Waals surface area contributed by atoms with E-state index in [1.54, 1.807) is 6.92 Å². The summed E-state index contributed by atoms with van der Waals surface area (Å²) < 4.78 is 17.0. The maximum atomic E-state index is 12.3. The third-order valence-electron chi connectivity index (χ3n) is 4.35. The molecular formula is C21H25NO4. The molecule has 1 heterocycles. The van der Waals surface area contributed by atoms with E-state index in [0.29, 0.717) is 18.0 Å². The van der Waals surface area contributed by atoms with E-state index < -0.39 is 6.10 Å². The van der Waals surface area contributed by atoms with E-state index in [2.05, 4.69) is 5.32 Å². The quantitative estimate of drug-likeness (QED) is 0.817. The standard InChI is InChI=1S/C21H25NO4/c1-15-6-3-4-8-20(15)26-16(2)21(23)22-17-9-11-18(12-10-17)25-14-19-7-5-13-24-19/h3-4,6,8-12,16,19H,5,7,13-14H2,1-2H3,(H,22,23)/t16-,19-/m1/s1. The van der Waals surface area contributed by atoms with Crippen molar-refractivity contribution in [3.05, 3.63) is 54.1 Å². The smallest absolute Gasteiger partial charge is 0.265 e. The highest BCUT2D eigenvalue weighted by atomic mass is 16.5. The lowest BCUT2D eigenvalue weighted by Gasteiger charge is -2.16. The topological polar surface area (TPSA) is 56.8 Å². The number of carbonyl (C=O) groups is 1. The predicted molar refractivity (Wildman–Crippen MR) is 101 cm³/mol. The number of hydrogen-bond acceptors (Lipinski definition) is 4. The molecule has 1 amide bonds. The van der Waals surface area contributed by atoms with Crippen molar-refractivity contribution in [3.63, 3.8) is 0 Å². The third kappa shape index (κ3) is 4.99. The molecule has 0 saturated carbocycles. The van der Waals surface area contributed by atoms with Gasteiger partial charge in [-0.1, -0.05) is 18.2 Å². The predicted octanol–water partition coefficient (Wildman–Crippen LogP) is 3.96. The van der Waals surface area contributed by atoms with Crippen molar-refractivity contribution in [2.75, 3.05) is 18.5 Å². The molecule has 5 heteroatoms. The second kappa shape index (κ2) is 8.72. The highest BCUT2D eigenvalue weighted by Crippen LogP contribution is 2.20. The molecule has 0 bridgehead atoms. The lowest BCUT2D eigenvalue weighted by molar-refractivity contribution is -0.122. The summed E-state index contributed by atoms with van der Waals surface area (Å²) in [6, 6.07) is 15.0. The fourth-order valence-corrected chi connectivity index (χ4v) is 2.78. The Hall–Kier alpha value is -2.53. The van der Waals surface area contributed by atoms with Crippen LogP contribution in [-0.4, -0.2) is 31.3 Å². The fourth-order valence-electron chi connectivity index (χ4n) is 2.78. The first-order valence-electron chi connectivity index (χ1n) is 8.99. The van der Waals surface area contributed by atoms with Crippen LogP contribution in [0, 0.1) is 6.92 Å². The van der Waals surface area contributed by atoms with Gasteiger partial charge in [0.25, 0.3) is 5.91 Å². The van der Waals surface area contributed by atoms with Crippen molar-refractivity contribution in [3.8, 4) is 11.5 Å². The molecule has 2 aromatic rings. The number of benzene rings is 2. The summed E-state index contributed by atoms with van der Waals surface area (Å²) in [5.41, 5.74) is 1.71. The first-order chi connectivity index (χ1) is 12.6.